The zero-order chi connectivity index (χ0) is 60.9. The first-order valence-corrected chi connectivity index (χ1v) is 31.6. The number of rotatable bonds is 9. The fourth-order valence-electron chi connectivity index (χ4n) is 15.7. The summed E-state index contributed by atoms with van der Waals surface area (Å²) in [5.41, 5.74) is 27.5. The predicted molar refractivity (Wildman–Crippen MR) is 385 cm³/mol. The Balaban J connectivity index is 0.774. The van der Waals surface area contributed by atoms with Crippen LogP contribution in [0.1, 0.15) is 16.7 Å². The molecule has 9 heteroatoms. The summed E-state index contributed by atoms with van der Waals surface area (Å²) >= 11 is 0. The first kappa shape index (κ1) is 52.0. The van der Waals surface area contributed by atoms with Gasteiger partial charge in [0.25, 0.3) is 0 Å². The normalized spacial score (nSPS) is 12.1. The van der Waals surface area contributed by atoms with Crippen LogP contribution in [0.2, 0.25) is 0 Å². The molecule has 6 heterocycles. The second-order valence-electron chi connectivity index (χ2n) is 24.9. The molecule has 0 atom stereocenters. The van der Waals surface area contributed by atoms with E-state index in [1.807, 2.05) is 12.7 Å². The molecular formula is C83H57BN8. The highest BCUT2D eigenvalue weighted by Gasteiger charge is 2.29. The summed E-state index contributed by atoms with van der Waals surface area (Å²) in [5, 5.41) is 9.63. The van der Waals surface area contributed by atoms with Gasteiger partial charge in [0.05, 0.1) is 66.2 Å². The minimum atomic E-state index is -0.0991. The molecule has 0 aliphatic rings. The van der Waals surface area contributed by atoms with E-state index in [2.05, 4.69) is 327 Å². The highest BCUT2D eigenvalue weighted by atomic mass is 15.1. The van der Waals surface area contributed by atoms with Crippen molar-refractivity contribution in [3.63, 3.8) is 0 Å². The lowest BCUT2D eigenvalue weighted by molar-refractivity contribution is 1.09. The Hall–Kier alpha value is -11.9. The first-order chi connectivity index (χ1) is 45.4. The molecule has 0 radical (unpaired) electrons. The van der Waals surface area contributed by atoms with Gasteiger partial charge in [0.2, 0.25) is 6.71 Å². The van der Waals surface area contributed by atoms with E-state index in [-0.39, 0.29) is 6.71 Å². The second-order valence-corrected chi connectivity index (χ2v) is 24.9. The molecule has 0 amide bonds. The SMILES string of the molecule is Cc1cc(C)c(B(c2cccc(-n3c4ccccc4c4cc5c(cc43)c3ccccc3n5-c3ccc4c(c3)ncn4-c3ccccc3)c2)c2cccc(-n3c4ccccc4c4cc5c(cc43)c3ccccc3n5-c3ccc4ncn(-c5ccccc5)c4c3)c2)c(C)c1. The van der Waals surface area contributed by atoms with Gasteiger partial charge >= 0.3 is 0 Å². The third kappa shape index (κ3) is 7.78. The van der Waals surface area contributed by atoms with Crippen LogP contribution >= 0.6 is 0 Å². The number of fused-ring (bicyclic) bond motifs is 14. The number of imidazole rings is 2. The molecule has 0 bridgehead atoms. The molecule has 6 aromatic heterocycles. The van der Waals surface area contributed by atoms with E-state index in [9.17, 15) is 0 Å². The summed E-state index contributed by atoms with van der Waals surface area (Å²) in [6, 6.07) is 103. The summed E-state index contributed by atoms with van der Waals surface area (Å²) < 4.78 is 14.2. The lowest BCUT2D eigenvalue weighted by Crippen LogP contribution is -2.54. The van der Waals surface area contributed by atoms with Gasteiger partial charge in [-0.05, 0) is 154 Å². The molecule has 92 heavy (non-hydrogen) atoms. The Bertz CT molecular complexity index is 6230. The van der Waals surface area contributed by atoms with Crippen LogP contribution < -0.4 is 16.4 Å². The Morgan fingerprint density at radius 2 is 0.620 bits per heavy atom. The maximum absolute atomic E-state index is 4.94. The van der Waals surface area contributed by atoms with Gasteiger partial charge in [-0.25, -0.2) is 9.97 Å². The van der Waals surface area contributed by atoms with Crippen molar-refractivity contribution in [3.05, 3.63) is 308 Å². The third-order valence-electron chi connectivity index (χ3n) is 19.5. The number of para-hydroxylation sites is 6. The quantitative estimate of drug-likeness (QED) is 0.135. The maximum Gasteiger partial charge on any atom is 0.242 e. The largest absolute Gasteiger partial charge is 0.309 e. The van der Waals surface area contributed by atoms with Crippen LogP contribution in [-0.2, 0) is 0 Å². The summed E-state index contributed by atoms with van der Waals surface area (Å²) in [5.74, 6) is 0. The van der Waals surface area contributed by atoms with E-state index in [4.69, 9.17) is 9.97 Å². The van der Waals surface area contributed by atoms with Crippen LogP contribution in [0.4, 0.5) is 0 Å². The Morgan fingerprint density at radius 3 is 1.08 bits per heavy atom. The van der Waals surface area contributed by atoms with Crippen LogP contribution in [0, 0.1) is 20.8 Å². The van der Waals surface area contributed by atoms with Crippen LogP contribution in [0.3, 0.4) is 0 Å². The van der Waals surface area contributed by atoms with Crippen LogP contribution in [-0.4, -0.2) is 44.1 Å². The predicted octanol–water partition coefficient (Wildman–Crippen LogP) is 18.2. The van der Waals surface area contributed by atoms with Crippen LogP contribution in [0.25, 0.3) is 143 Å². The zero-order valence-electron chi connectivity index (χ0n) is 50.9. The van der Waals surface area contributed by atoms with Crippen molar-refractivity contribution in [3.8, 4) is 34.1 Å². The number of hydrogen-bond donors (Lipinski definition) is 0. The molecule has 0 unspecified atom stereocenters. The highest BCUT2D eigenvalue weighted by Crippen LogP contribution is 2.43. The van der Waals surface area contributed by atoms with Gasteiger partial charge in [-0.2, -0.15) is 0 Å². The van der Waals surface area contributed by atoms with Crippen molar-refractivity contribution in [2.24, 2.45) is 0 Å². The van der Waals surface area contributed by atoms with E-state index in [1.165, 1.54) is 76.2 Å². The molecule has 0 N–H and O–H groups in total. The molecule has 0 spiro atoms. The molecule has 432 valence electrons. The van der Waals surface area contributed by atoms with Crippen molar-refractivity contribution in [1.82, 2.24) is 37.4 Å². The molecule has 0 fully saturated rings. The molecule has 0 aliphatic heterocycles. The van der Waals surface area contributed by atoms with Gasteiger partial charge in [-0.15, -0.1) is 0 Å². The van der Waals surface area contributed by atoms with Crippen LogP contribution in [0.5, 0.6) is 0 Å². The van der Waals surface area contributed by atoms with Crippen molar-refractivity contribution in [2.75, 3.05) is 0 Å². The minimum Gasteiger partial charge on any atom is -0.309 e. The van der Waals surface area contributed by atoms with Gasteiger partial charge < -0.3 is 18.3 Å². The Morgan fingerprint density at radius 1 is 0.250 bits per heavy atom. The molecule has 19 aromatic rings. The van der Waals surface area contributed by atoms with E-state index in [0.717, 1.165) is 100 Å². The topological polar surface area (TPSA) is 55.4 Å². The lowest BCUT2D eigenvalue weighted by atomic mass is 9.35. The minimum absolute atomic E-state index is 0.0991. The number of aryl methyl sites for hydroxylation is 3. The standard InChI is InChI=1S/C83H57BN8/c1-52-40-53(2)83(54(3)41-52)84(55-20-18-26-59(42-55)89-73-32-14-10-28-63(73)67-48-80-69(46-78(67)89)65-30-12-16-34-75(65)91(80)61-37-39-77-72(44-61)86-51-87(77)57-22-6-4-7-23-57)56-21-19-27-60(43-56)90-74-33-15-11-29-64(74)68-49-81-70(47-79(68)90)66-31-13-17-35-76(66)92(81)62-36-38-71-82(45-62)88(50-85-71)58-24-8-5-9-25-58/h4-51H,1-3H3. The van der Waals surface area contributed by atoms with Gasteiger partial charge in [-0.3, -0.25) is 9.13 Å². The lowest BCUT2D eigenvalue weighted by Gasteiger charge is -2.23. The molecule has 19 rings (SSSR count). The number of nitrogens with zero attached hydrogens (tertiary/aromatic N) is 8. The highest BCUT2D eigenvalue weighted by molar-refractivity contribution is 6.96. The van der Waals surface area contributed by atoms with E-state index >= 15 is 0 Å². The van der Waals surface area contributed by atoms with Gasteiger partial charge in [0, 0.05) is 77.2 Å². The van der Waals surface area contributed by atoms with Gasteiger partial charge in [-0.1, -0.05) is 179 Å². The number of hydrogen-bond acceptors (Lipinski definition) is 2. The zero-order valence-corrected chi connectivity index (χ0v) is 50.9. The fourth-order valence-corrected chi connectivity index (χ4v) is 15.7. The van der Waals surface area contributed by atoms with Crippen molar-refractivity contribution in [1.29, 1.82) is 0 Å². The second kappa shape index (κ2) is 20.0. The van der Waals surface area contributed by atoms with Crippen molar-refractivity contribution >= 4 is 132 Å². The van der Waals surface area contributed by atoms with Gasteiger partial charge in [0.1, 0.15) is 12.7 Å². The Kier molecular flexibility index (Phi) is 11.3. The summed E-state index contributed by atoms with van der Waals surface area (Å²) in [7, 11) is 0. The number of benzene rings is 13. The van der Waals surface area contributed by atoms with Crippen LogP contribution in [0.15, 0.2) is 292 Å². The smallest absolute Gasteiger partial charge is 0.242 e. The Labute approximate surface area is 530 Å². The van der Waals surface area contributed by atoms with Crippen molar-refractivity contribution < 1.29 is 0 Å². The van der Waals surface area contributed by atoms with E-state index in [0.29, 0.717) is 0 Å². The number of aromatic nitrogens is 8. The van der Waals surface area contributed by atoms with Gasteiger partial charge in [0.15, 0.2) is 0 Å². The summed E-state index contributed by atoms with van der Waals surface area (Å²) in [6.07, 6.45) is 3.86. The monoisotopic (exact) mass is 1180 g/mol. The fraction of sp³-hybridized carbons (Fsp3) is 0.0361. The van der Waals surface area contributed by atoms with Crippen molar-refractivity contribution in [2.45, 2.75) is 20.8 Å². The average Bonchev–Trinajstić information content (AvgIpc) is 1.56. The van der Waals surface area contributed by atoms with E-state index in [1.54, 1.807) is 0 Å². The molecule has 8 nitrogen and oxygen atoms in total. The summed E-state index contributed by atoms with van der Waals surface area (Å²) in [4.78, 5) is 9.77. The first-order valence-electron chi connectivity index (χ1n) is 31.6. The molecule has 0 saturated heterocycles. The maximum atomic E-state index is 4.94. The molecule has 0 saturated carbocycles. The summed E-state index contributed by atoms with van der Waals surface area (Å²) in [6.45, 7) is 6.71. The molecule has 0 aliphatic carbocycles. The molecule has 13 aromatic carbocycles. The van der Waals surface area contributed by atoms with E-state index < -0.39 is 0 Å². The molecular weight excluding hydrogens is 1120 g/mol. The average molecular weight is 1180 g/mol. The third-order valence-corrected chi connectivity index (χ3v) is 19.5.